The molecule has 2 aromatic rings. The third kappa shape index (κ3) is 4.07. The van der Waals surface area contributed by atoms with Crippen molar-refractivity contribution in [3.8, 4) is 5.75 Å². The Labute approximate surface area is 131 Å². The lowest BCUT2D eigenvalue weighted by Crippen LogP contribution is -2.30. The van der Waals surface area contributed by atoms with Crippen LogP contribution in [0.25, 0.3) is 0 Å². The number of rotatable bonds is 5. The molecule has 22 heavy (non-hydrogen) atoms. The van der Waals surface area contributed by atoms with Gasteiger partial charge in [-0.2, -0.15) is 0 Å². The van der Waals surface area contributed by atoms with E-state index in [2.05, 4.69) is 36.3 Å². The van der Waals surface area contributed by atoms with Crippen molar-refractivity contribution in [2.24, 2.45) is 0 Å². The summed E-state index contributed by atoms with van der Waals surface area (Å²) in [6.45, 7) is 7.98. The van der Waals surface area contributed by atoms with Crippen molar-refractivity contribution in [2.45, 2.75) is 39.7 Å². The van der Waals surface area contributed by atoms with E-state index in [9.17, 15) is 4.79 Å². The maximum Gasteiger partial charge on any atom is 0.265 e. The summed E-state index contributed by atoms with van der Waals surface area (Å²) in [5.74, 6) is 0.914. The van der Waals surface area contributed by atoms with Gasteiger partial charge in [-0.1, -0.05) is 26.0 Å². The molecule has 116 valence electrons. The monoisotopic (exact) mass is 298 g/mol. The molecule has 2 rings (SSSR count). The highest BCUT2D eigenvalue weighted by Crippen LogP contribution is 2.28. The lowest BCUT2D eigenvalue weighted by molar-refractivity contribution is -0.122. The molecule has 1 aromatic heterocycles. The molecule has 0 spiro atoms. The molecule has 0 radical (unpaired) electrons. The molecule has 0 bridgehead atoms. The van der Waals surface area contributed by atoms with Crippen molar-refractivity contribution >= 4 is 11.6 Å². The number of carbonyl (C=O) groups excluding carboxylic acids is 1. The first-order chi connectivity index (χ1) is 10.5. The molecule has 1 atom stereocenters. The lowest BCUT2D eigenvalue weighted by Gasteiger charge is -2.19. The summed E-state index contributed by atoms with van der Waals surface area (Å²) in [6.07, 6.45) is 2.69. The van der Waals surface area contributed by atoms with Crippen molar-refractivity contribution in [3.63, 3.8) is 0 Å². The maximum atomic E-state index is 12.2. The van der Waals surface area contributed by atoms with Crippen LogP contribution in [0.2, 0.25) is 0 Å². The Morgan fingerprint density at radius 3 is 2.64 bits per heavy atom. The molecule has 4 heteroatoms. The highest BCUT2D eigenvalue weighted by atomic mass is 16.5. The Kier molecular flexibility index (Phi) is 5.15. The largest absolute Gasteiger partial charge is 0.481 e. The van der Waals surface area contributed by atoms with Crippen LogP contribution in [0.1, 0.15) is 37.8 Å². The Balaban J connectivity index is 2.10. The summed E-state index contributed by atoms with van der Waals surface area (Å²) in [7, 11) is 0. The van der Waals surface area contributed by atoms with E-state index in [1.54, 1.807) is 31.5 Å². The summed E-state index contributed by atoms with van der Waals surface area (Å²) < 4.78 is 5.89. The third-order valence-corrected chi connectivity index (χ3v) is 3.39. The minimum atomic E-state index is -0.584. The Morgan fingerprint density at radius 1 is 1.23 bits per heavy atom. The van der Waals surface area contributed by atoms with Gasteiger partial charge in [0.15, 0.2) is 6.10 Å². The van der Waals surface area contributed by atoms with Crippen LogP contribution in [0.5, 0.6) is 5.75 Å². The second kappa shape index (κ2) is 7.07. The van der Waals surface area contributed by atoms with Gasteiger partial charge in [0, 0.05) is 6.20 Å². The molecule has 1 N–H and O–H groups in total. The smallest absolute Gasteiger partial charge is 0.265 e. The molecule has 0 aliphatic rings. The molecular weight excluding hydrogens is 276 g/mol. The molecule has 1 aromatic carbocycles. The van der Waals surface area contributed by atoms with Gasteiger partial charge in [0.05, 0.1) is 11.9 Å². The highest BCUT2D eigenvalue weighted by molar-refractivity contribution is 5.93. The van der Waals surface area contributed by atoms with Crippen LogP contribution in [-0.4, -0.2) is 17.0 Å². The summed E-state index contributed by atoms with van der Waals surface area (Å²) in [4.78, 5) is 16.2. The van der Waals surface area contributed by atoms with Crippen LogP contribution in [0, 0.1) is 6.92 Å². The normalized spacial score (nSPS) is 12.0. The molecule has 0 fully saturated rings. The van der Waals surface area contributed by atoms with Crippen molar-refractivity contribution in [1.29, 1.82) is 0 Å². The van der Waals surface area contributed by atoms with Crippen LogP contribution in [0.4, 0.5) is 5.69 Å². The third-order valence-electron chi connectivity index (χ3n) is 3.39. The Morgan fingerprint density at radius 2 is 2.00 bits per heavy atom. The molecule has 1 amide bonds. The summed E-state index contributed by atoms with van der Waals surface area (Å²) in [5, 5.41) is 2.80. The Bertz CT molecular complexity index is 639. The fraction of sp³-hybridized carbons (Fsp3) is 0.333. The van der Waals surface area contributed by atoms with E-state index in [-0.39, 0.29) is 5.91 Å². The molecule has 0 saturated heterocycles. The number of benzene rings is 1. The number of ether oxygens (including phenoxy) is 1. The second-order valence-corrected chi connectivity index (χ2v) is 5.69. The number of amides is 1. The van der Waals surface area contributed by atoms with Gasteiger partial charge >= 0.3 is 0 Å². The van der Waals surface area contributed by atoms with Gasteiger partial charge in [-0.15, -0.1) is 0 Å². The molecule has 0 saturated carbocycles. The summed E-state index contributed by atoms with van der Waals surface area (Å²) in [6, 6.07) is 9.66. The van der Waals surface area contributed by atoms with E-state index in [0.29, 0.717) is 11.6 Å². The fourth-order valence-electron chi connectivity index (χ4n) is 2.15. The van der Waals surface area contributed by atoms with Gasteiger partial charge in [-0.25, -0.2) is 0 Å². The predicted molar refractivity (Wildman–Crippen MR) is 88.2 cm³/mol. The van der Waals surface area contributed by atoms with Gasteiger partial charge in [-0.05, 0) is 49.1 Å². The number of aromatic nitrogens is 1. The Hall–Kier alpha value is -2.36. The fourth-order valence-corrected chi connectivity index (χ4v) is 2.15. The van der Waals surface area contributed by atoms with Crippen LogP contribution in [-0.2, 0) is 4.79 Å². The molecule has 0 aliphatic heterocycles. The van der Waals surface area contributed by atoms with Crippen LogP contribution < -0.4 is 10.1 Å². The van der Waals surface area contributed by atoms with Crippen molar-refractivity contribution < 1.29 is 9.53 Å². The zero-order chi connectivity index (χ0) is 16.1. The SMILES string of the molecule is Cc1ccc(C(C)C)c(O[C@@H](C)C(=O)Nc2cccnc2)c1. The van der Waals surface area contributed by atoms with E-state index in [1.807, 2.05) is 13.0 Å². The van der Waals surface area contributed by atoms with Crippen molar-refractivity contribution in [3.05, 3.63) is 53.9 Å². The number of pyridine rings is 1. The predicted octanol–water partition coefficient (Wildman–Crippen LogP) is 3.92. The molecule has 0 aliphatic carbocycles. The summed E-state index contributed by atoms with van der Waals surface area (Å²) in [5.41, 5.74) is 2.88. The van der Waals surface area contributed by atoms with Gasteiger partial charge in [0.1, 0.15) is 5.75 Å². The van der Waals surface area contributed by atoms with Gasteiger partial charge in [0.2, 0.25) is 0 Å². The van der Waals surface area contributed by atoms with Gasteiger partial charge in [0.25, 0.3) is 5.91 Å². The van der Waals surface area contributed by atoms with E-state index in [0.717, 1.165) is 16.9 Å². The van der Waals surface area contributed by atoms with E-state index >= 15 is 0 Å². The molecular formula is C18H22N2O2. The first-order valence-electron chi connectivity index (χ1n) is 7.45. The number of aryl methyl sites for hydroxylation is 1. The van der Waals surface area contributed by atoms with E-state index < -0.39 is 6.10 Å². The summed E-state index contributed by atoms with van der Waals surface area (Å²) >= 11 is 0. The number of anilines is 1. The number of carbonyl (C=O) groups is 1. The average Bonchev–Trinajstić information content (AvgIpc) is 2.48. The zero-order valence-electron chi connectivity index (χ0n) is 13.5. The first kappa shape index (κ1) is 16.0. The quantitative estimate of drug-likeness (QED) is 0.910. The zero-order valence-corrected chi connectivity index (χ0v) is 13.5. The van der Waals surface area contributed by atoms with E-state index in [4.69, 9.17) is 4.74 Å². The number of nitrogens with one attached hydrogen (secondary N) is 1. The second-order valence-electron chi connectivity index (χ2n) is 5.69. The van der Waals surface area contributed by atoms with Crippen molar-refractivity contribution in [2.75, 3.05) is 5.32 Å². The molecule has 1 heterocycles. The first-order valence-corrected chi connectivity index (χ1v) is 7.45. The van der Waals surface area contributed by atoms with E-state index in [1.165, 1.54) is 0 Å². The molecule has 4 nitrogen and oxygen atoms in total. The lowest BCUT2D eigenvalue weighted by atomic mass is 10.0. The number of hydrogen-bond acceptors (Lipinski definition) is 3. The minimum absolute atomic E-state index is 0.191. The number of nitrogens with zero attached hydrogens (tertiary/aromatic N) is 1. The minimum Gasteiger partial charge on any atom is -0.481 e. The number of hydrogen-bond donors (Lipinski definition) is 1. The van der Waals surface area contributed by atoms with Crippen LogP contribution >= 0.6 is 0 Å². The maximum absolute atomic E-state index is 12.2. The van der Waals surface area contributed by atoms with Gasteiger partial charge < -0.3 is 10.1 Å². The average molecular weight is 298 g/mol. The standard InChI is InChI=1S/C18H22N2O2/c1-12(2)16-8-7-13(3)10-17(16)22-14(4)18(21)20-15-6-5-9-19-11-15/h5-12,14H,1-4H3,(H,20,21)/t14-/m0/s1. The highest BCUT2D eigenvalue weighted by Gasteiger charge is 2.17. The topological polar surface area (TPSA) is 51.2 Å². The van der Waals surface area contributed by atoms with Crippen molar-refractivity contribution in [1.82, 2.24) is 4.98 Å². The van der Waals surface area contributed by atoms with Gasteiger partial charge in [-0.3, -0.25) is 9.78 Å². The molecule has 0 unspecified atom stereocenters. The van der Waals surface area contributed by atoms with Crippen LogP contribution in [0.3, 0.4) is 0 Å². The van der Waals surface area contributed by atoms with Crippen LogP contribution in [0.15, 0.2) is 42.7 Å².